The van der Waals surface area contributed by atoms with E-state index in [1.54, 1.807) is 30.4 Å². The quantitative estimate of drug-likeness (QED) is 0.654. The molecular formula is C14H17N3O2S. The number of carbonyl (C=O) groups excluding carboxylic acids is 1. The summed E-state index contributed by atoms with van der Waals surface area (Å²) in [6.45, 7) is 4.67. The van der Waals surface area contributed by atoms with Crippen LogP contribution in [0.25, 0.3) is 0 Å². The summed E-state index contributed by atoms with van der Waals surface area (Å²) in [5.41, 5.74) is 8.42. The Kier molecular flexibility index (Phi) is 4.57. The molecule has 0 saturated heterocycles. The number of nitrogens with zero attached hydrogens (tertiary/aromatic N) is 1. The Balaban J connectivity index is 2.08. The molecule has 0 atom stereocenters. The second kappa shape index (κ2) is 6.38. The zero-order valence-electron chi connectivity index (χ0n) is 11.5. The Labute approximate surface area is 121 Å². The minimum Gasteiger partial charge on any atom is -0.462 e. The van der Waals surface area contributed by atoms with Crippen LogP contribution in [0.1, 0.15) is 28.0 Å². The number of esters is 1. The molecule has 2 rings (SSSR count). The molecule has 6 heteroatoms. The Morgan fingerprint density at radius 2 is 2.30 bits per heavy atom. The number of nitrogens with one attached hydrogen (secondary N) is 1. The molecule has 0 bridgehead atoms. The first-order chi connectivity index (χ1) is 9.60. The lowest BCUT2D eigenvalue weighted by Gasteiger charge is -2.09. The first-order valence-electron chi connectivity index (χ1n) is 6.31. The van der Waals surface area contributed by atoms with Crippen molar-refractivity contribution in [2.75, 3.05) is 17.7 Å². The highest BCUT2D eigenvalue weighted by atomic mass is 32.1. The SMILES string of the molecule is CCOC(=O)c1cc(NCc2nc(C)cs2)ccc1N. The smallest absolute Gasteiger partial charge is 0.340 e. The van der Waals surface area contributed by atoms with Crippen LogP contribution in [0.15, 0.2) is 23.6 Å². The molecule has 1 aromatic heterocycles. The third-order valence-electron chi connectivity index (χ3n) is 2.66. The maximum absolute atomic E-state index is 11.8. The average molecular weight is 291 g/mol. The highest BCUT2D eigenvalue weighted by Crippen LogP contribution is 2.20. The van der Waals surface area contributed by atoms with Crippen LogP contribution in [-0.2, 0) is 11.3 Å². The lowest BCUT2D eigenvalue weighted by Crippen LogP contribution is -2.09. The maximum Gasteiger partial charge on any atom is 0.340 e. The second-order valence-electron chi connectivity index (χ2n) is 4.26. The van der Waals surface area contributed by atoms with Crippen molar-refractivity contribution in [3.8, 4) is 0 Å². The van der Waals surface area contributed by atoms with E-state index in [0.717, 1.165) is 16.4 Å². The summed E-state index contributed by atoms with van der Waals surface area (Å²) in [7, 11) is 0. The molecule has 0 amide bonds. The standard InChI is InChI=1S/C14H17N3O2S/c1-3-19-14(18)11-6-10(4-5-12(11)15)16-7-13-17-9(2)8-20-13/h4-6,8,16H,3,7,15H2,1-2H3. The van der Waals surface area contributed by atoms with Gasteiger partial charge in [0.15, 0.2) is 0 Å². The van der Waals surface area contributed by atoms with Gasteiger partial charge in [-0.2, -0.15) is 0 Å². The predicted molar refractivity (Wildman–Crippen MR) is 81.0 cm³/mol. The van der Waals surface area contributed by atoms with Crippen LogP contribution >= 0.6 is 11.3 Å². The molecule has 5 nitrogen and oxygen atoms in total. The maximum atomic E-state index is 11.8. The van der Waals surface area contributed by atoms with Crippen molar-refractivity contribution in [1.29, 1.82) is 0 Å². The Morgan fingerprint density at radius 3 is 2.95 bits per heavy atom. The minimum atomic E-state index is -0.404. The molecule has 0 spiro atoms. The van der Waals surface area contributed by atoms with Gasteiger partial charge in [0.1, 0.15) is 5.01 Å². The van der Waals surface area contributed by atoms with Gasteiger partial charge in [-0.3, -0.25) is 0 Å². The van der Waals surface area contributed by atoms with E-state index in [9.17, 15) is 4.79 Å². The van der Waals surface area contributed by atoms with Gasteiger partial charge in [0.05, 0.1) is 18.7 Å². The molecule has 20 heavy (non-hydrogen) atoms. The van der Waals surface area contributed by atoms with Gasteiger partial charge in [0.2, 0.25) is 0 Å². The van der Waals surface area contributed by atoms with Crippen LogP contribution in [0.4, 0.5) is 11.4 Å². The van der Waals surface area contributed by atoms with Crippen molar-refractivity contribution in [2.45, 2.75) is 20.4 Å². The first kappa shape index (κ1) is 14.3. The van der Waals surface area contributed by atoms with Gasteiger partial charge in [-0.05, 0) is 32.0 Å². The van der Waals surface area contributed by atoms with Gasteiger partial charge in [-0.15, -0.1) is 11.3 Å². The molecular weight excluding hydrogens is 274 g/mol. The number of ether oxygens (including phenoxy) is 1. The molecule has 0 radical (unpaired) electrons. The summed E-state index contributed by atoms with van der Waals surface area (Å²) < 4.78 is 4.97. The fourth-order valence-corrected chi connectivity index (χ4v) is 2.42. The van der Waals surface area contributed by atoms with E-state index >= 15 is 0 Å². The van der Waals surface area contributed by atoms with Crippen molar-refractivity contribution >= 4 is 28.7 Å². The van der Waals surface area contributed by atoms with E-state index in [-0.39, 0.29) is 0 Å². The van der Waals surface area contributed by atoms with E-state index in [1.807, 2.05) is 18.4 Å². The normalized spacial score (nSPS) is 10.3. The molecule has 0 aliphatic carbocycles. The zero-order valence-corrected chi connectivity index (χ0v) is 12.3. The lowest BCUT2D eigenvalue weighted by atomic mass is 10.1. The second-order valence-corrected chi connectivity index (χ2v) is 5.20. The molecule has 0 aliphatic rings. The lowest BCUT2D eigenvalue weighted by molar-refractivity contribution is 0.0527. The monoisotopic (exact) mass is 291 g/mol. The van der Waals surface area contributed by atoms with Gasteiger partial charge in [0, 0.05) is 22.4 Å². The van der Waals surface area contributed by atoms with E-state index in [2.05, 4.69) is 10.3 Å². The summed E-state index contributed by atoms with van der Waals surface area (Å²) in [6, 6.07) is 5.23. The number of nitrogen functional groups attached to an aromatic ring is 1. The van der Waals surface area contributed by atoms with Crippen molar-refractivity contribution in [3.63, 3.8) is 0 Å². The average Bonchev–Trinajstić information content (AvgIpc) is 2.84. The number of rotatable bonds is 5. The van der Waals surface area contributed by atoms with Crippen molar-refractivity contribution in [1.82, 2.24) is 4.98 Å². The number of anilines is 2. The van der Waals surface area contributed by atoms with Crippen LogP contribution < -0.4 is 11.1 Å². The summed E-state index contributed by atoms with van der Waals surface area (Å²) in [5.74, 6) is -0.404. The number of thiazole rings is 1. The minimum absolute atomic E-state index is 0.328. The summed E-state index contributed by atoms with van der Waals surface area (Å²) in [6.07, 6.45) is 0. The molecule has 0 saturated carbocycles. The predicted octanol–water partition coefficient (Wildman–Crippen LogP) is 2.82. The first-order valence-corrected chi connectivity index (χ1v) is 7.19. The van der Waals surface area contributed by atoms with E-state index in [1.165, 1.54) is 0 Å². The van der Waals surface area contributed by atoms with Crippen molar-refractivity contribution in [2.24, 2.45) is 0 Å². The third kappa shape index (κ3) is 3.48. The van der Waals surface area contributed by atoms with E-state index in [0.29, 0.717) is 24.4 Å². The number of hydrogen-bond acceptors (Lipinski definition) is 6. The number of aryl methyl sites for hydroxylation is 1. The highest BCUT2D eigenvalue weighted by Gasteiger charge is 2.11. The van der Waals surface area contributed by atoms with Crippen LogP contribution in [0.5, 0.6) is 0 Å². The molecule has 0 fully saturated rings. The van der Waals surface area contributed by atoms with Crippen LogP contribution in [0.2, 0.25) is 0 Å². The number of aromatic nitrogens is 1. The number of benzene rings is 1. The van der Waals surface area contributed by atoms with Crippen molar-refractivity contribution < 1.29 is 9.53 Å². The Morgan fingerprint density at radius 1 is 1.50 bits per heavy atom. The highest BCUT2D eigenvalue weighted by molar-refractivity contribution is 7.09. The molecule has 0 aliphatic heterocycles. The molecule has 0 unspecified atom stereocenters. The Bertz CT molecular complexity index is 610. The van der Waals surface area contributed by atoms with Gasteiger partial charge in [-0.1, -0.05) is 0 Å². The van der Waals surface area contributed by atoms with Crippen LogP contribution in [0, 0.1) is 6.92 Å². The van der Waals surface area contributed by atoms with E-state index in [4.69, 9.17) is 10.5 Å². The zero-order chi connectivity index (χ0) is 14.5. The number of hydrogen-bond donors (Lipinski definition) is 2. The molecule has 1 heterocycles. The fraction of sp³-hybridized carbons (Fsp3) is 0.286. The topological polar surface area (TPSA) is 77.2 Å². The summed E-state index contributed by atoms with van der Waals surface area (Å²) in [5, 5.41) is 6.22. The number of carbonyl (C=O) groups is 1. The summed E-state index contributed by atoms with van der Waals surface area (Å²) >= 11 is 1.60. The van der Waals surface area contributed by atoms with E-state index < -0.39 is 5.97 Å². The fourth-order valence-electron chi connectivity index (χ4n) is 1.71. The van der Waals surface area contributed by atoms with Crippen LogP contribution in [0.3, 0.4) is 0 Å². The van der Waals surface area contributed by atoms with Gasteiger partial charge >= 0.3 is 5.97 Å². The Hall–Kier alpha value is -2.08. The molecule has 106 valence electrons. The van der Waals surface area contributed by atoms with Gasteiger partial charge in [-0.25, -0.2) is 9.78 Å². The largest absolute Gasteiger partial charge is 0.462 e. The molecule has 2 aromatic rings. The van der Waals surface area contributed by atoms with Gasteiger partial charge in [0.25, 0.3) is 0 Å². The summed E-state index contributed by atoms with van der Waals surface area (Å²) in [4.78, 5) is 16.1. The molecule has 3 N–H and O–H groups in total. The van der Waals surface area contributed by atoms with Gasteiger partial charge < -0.3 is 15.8 Å². The van der Waals surface area contributed by atoms with Crippen LogP contribution in [-0.4, -0.2) is 17.6 Å². The van der Waals surface area contributed by atoms with Crippen molar-refractivity contribution in [3.05, 3.63) is 39.8 Å². The number of nitrogens with two attached hydrogens (primary N) is 1. The third-order valence-corrected chi connectivity index (χ3v) is 3.63. The molecule has 1 aromatic carbocycles.